The third kappa shape index (κ3) is 4.81. The number of hydrogen-bond acceptors (Lipinski definition) is 2. The van der Waals surface area contributed by atoms with E-state index in [4.69, 9.17) is 5.84 Å². The van der Waals surface area contributed by atoms with Crippen LogP contribution in [0.15, 0.2) is 24.8 Å². The van der Waals surface area contributed by atoms with Crippen LogP contribution in [-0.2, 0) is 0 Å². The molecule has 0 saturated carbocycles. The summed E-state index contributed by atoms with van der Waals surface area (Å²) in [6, 6.07) is 4.75. The maximum atomic E-state index is 5.76. The molecule has 1 rings (SSSR count). The molecule has 0 aliphatic carbocycles. The number of allylic oxidation sites excluding steroid dienone is 1. The lowest BCUT2D eigenvalue weighted by molar-refractivity contribution is 0.480. The highest BCUT2D eigenvalue weighted by Gasteiger charge is 2.14. The molecule has 0 bridgehead atoms. The first-order valence-electron chi connectivity index (χ1n) is 7.25. The standard InChI is InChI=1S/C17H28N2/c1-5-6-7-8-9-10-16(19-18)17-14(3)11-13(2)12-15(17)4/h5,11-12,16,19H,1,6-10,18H2,2-4H3. The van der Waals surface area contributed by atoms with Gasteiger partial charge in [0.05, 0.1) is 0 Å². The van der Waals surface area contributed by atoms with E-state index in [-0.39, 0.29) is 6.04 Å². The molecule has 1 unspecified atom stereocenters. The van der Waals surface area contributed by atoms with E-state index in [9.17, 15) is 0 Å². The number of unbranched alkanes of at least 4 members (excludes halogenated alkanes) is 3. The summed E-state index contributed by atoms with van der Waals surface area (Å²) in [5, 5.41) is 0. The highest BCUT2D eigenvalue weighted by atomic mass is 15.2. The van der Waals surface area contributed by atoms with E-state index in [1.807, 2.05) is 6.08 Å². The van der Waals surface area contributed by atoms with Gasteiger partial charge in [-0.2, -0.15) is 0 Å². The second kappa shape index (κ2) is 8.13. The normalized spacial score (nSPS) is 12.4. The Bertz CT molecular complexity index is 387. The fraction of sp³-hybridized carbons (Fsp3) is 0.529. The van der Waals surface area contributed by atoms with Gasteiger partial charge in [-0.05, 0) is 56.7 Å². The minimum Gasteiger partial charge on any atom is -0.271 e. The summed E-state index contributed by atoms with van der Waals surface area (Å²) in [7, 11) is 0. The molecule has 3 N–H and O–H groups in total. The number of rotatable bonds is 8. The van der Waals surface area contributed by atoms with Crippen molar-refractivity contribution in [2.45, 2.75) is 58.9 Å². The van der Waals surface area contributed by atoms with Crippen LogP contribution in [0.1, 0.15) is 60.4 Å². The second-order valence-corrected chi connectivity index (χ2v) is 5.46. The van der Waals surface area contributed by atoms with Crippen molar-refractivity contribution in [3.05, 3.63) is 47.0 Å². The first-order valence-corrected chi connectivity index (χ1v) is 7.25. The topological polar surface area (TPSA) is 38.0 Å². The molecule has 19 heavy (non-hydrogen) atoms. The molecule has 0 aliphatic heterocycles. The van der Waals surface area contributed by atoms with Crippen LogP contribution >= 0.6 is 0 Å². The van der Waals surface area contributed by atoms with Gasteiger partial charge in [0.25, 0.3) is 0 Å². The molecule has 2 heteroatoms. The van der Waals surface area contributed by atoms with Gasteiger partial charge in [-0.15, -0.1) is 6.58 Å². The summed E-state index contributed by atoms with van der Waals surface area (Å²) in [6.07, 6.45) is 7.88. The summed E-state index contributed by atoms with van der Waals surface area (Å²) in [6.45, 7) is 10.3. The van der Waals surface area contributed by atoms with Gasteiger partial charge in [-0.1, -0.05) is 36.6 Å². The maximum absolute atomic E-state index is 5.76. The van der Waals surface area contributed by atoms with E-state index < -0.39 is 0 Å². The minimum absolute atomic E-state index is 0.268. The van der Waals surface area contributed by atoms with E-state index in [0.29, 0.717) is 0 Å². The number of nitrogens with two attached hydrogens (primary N) is 1. The van der Waals surface area contributed by atoms with Gasteiger partial charge < -0.3 is 0 Å². The Kier molecular flexibility index (Phi) is 6.82. The first kappa shape index (κ1) is 15.9. The zero-order valence-electron chi connectivity index (χ0n) is 12.6. The Balaban J connectivity index is 2.67. The van der Waals surface area contributed by atoms with Crippen molar-refractivity contribution in [1.82, 2.24) is 5.43 Å². The van der Waals surface area contributed by atoms with Crippen LogP contribution in [0.4, 0.5) is 0 Å². The Morgan fingerprint density at radius 2 is 1.79 bits per heavy atom. The minimum atomic E-state index is 0.268. The third-order valence-corrected chi connectivity index (χ3v) is 3.69. The number of benzene rings is 1. The SMILES string of the molecule is C=CCCCCCC(NN)c1c(C)cc(C)cc1C. The van der Waals surface area contributed by atoms with Crippen molar-refractivity contribution in [3.63, 3.8) is 0 Å². The molecule has 0 aliphatic rings. The van der Waals surface area contributed by atoms with Crippen LogP contribution in [0.3, 0.4) is 0 Å². The molecule has 0 aromatic heterocycles. The largest absolute Gasteiger partial charge is 0.271 e. The van der Waals surface area contributed by atoms with Gasteiger partial charge in [-0.3, -0.25) is 11.3 Å². The highest BCUT2D eigenvalue weighted by Crippen LogP contribution is 2.27. The van der Waals surface area contributed by atoms with Crippen molar-refractivity contribution in [2.24, 2.45) is 5.84 Å². The fourth-order valence-electron chi connectivity index (χ4n) is 2.87. The molecule has 0 spiro atoms. The average molecular weight is 260 g/mol. The summed E-state index contributed by atoms with van der Waals surface area (Å²) >= 11 is 0. The number of aryl methyl sites for hydroxylation is 3. The Morgan fingerprint density at radius 3 is 2.32 bits per heavy atom. The predicted molar refractivity (Wildman–Crippen MR) is 84.0 cm³/mol. The van der Waals surface area contributed by atoms with Gasteiger partial charge in [-0.25, -0.2) is 0 Å². The molecule has 0 radical (unpaired) electrons. The summed E-state index contributed by atoms with van der Waals surface area (Å²) in [4.78, 5) is 0. The Labute approximate surface area is 118 Å². The zero-order chi connectivity index (χ0) is 14.3. The lowest BCUT2D eigenvalue weighted by atomic mass is 9.91. The van der Waals surface area contributed by atoms with Crippen LogP contribution in [0.25, 0.3) is 0 Å². The molecule has 0 saturated heterocycles. The number of hydrogen-bond donors (Lipinski definition) is 2. The van der Waals surface area contributed by atoms with Crippen molar-refractivity contribution in [2.75, 3.05) is 0 Å². The molecule has 1 aromatic rings. The molecule has 2 nitrogen and oxygen atoms in total. The van der Waals surface area contributed by atoms with E-state index in [1.165, 1.54) is 41.5 Å². The predicted octanol–water partition coefficient (Wildman–Crippen LogP) is 4.25. The van der Waals surface area contributed by atoms with Crippen LogP contribution in [0.5, 0.6) is 0 Å². The quantitative estimate of drug-likeness (QED) is 0.317. The van der Waals surface area contributed by atoms with Crippen LogP contribution in [0, 0.1) is 20.8 Å². The molecule has 0 heterocycles. The lowest BCUT2D eigenvalue weighted by Gasteiger charge is -2.21. The van der Waals surface area contributed by atoms with E-state index in [0.717, 1.165) is 12.8 Å². The molecule has 1 atom stereocenters. The fourth-order valence-corrected chi connectivity index (χ4v) is 2.87. The molecular formula is C17H28N2. The molecule has 0 fully saturated rings. The lowest BCUT2D eigenvalue weighted by Crippen LogP contribution is -2.29. The van der Waals surface area contributed by atoms with Gasteiger partial charge in [0.1, 0.15) is 0 Å². The molecule has 0 amide bonds. The maximum Gasteiger partial charge on any atom is 0.0465 e. The van der Waals surface area contributed by atoms with Crippen LogP contribution in [-0.4, -0.2) is 0 Å². The van der Waals surface area contributed by atoms with E-state index in [2.05, 4.69) is 44.9 Å². The second-order valence-electron chi connectivity index (χ2n) is 5.46. The van der Waals surface area contributed by atoms with Crippen molar-refractivity contribution in [3.8, 4) is 0 Å². The van der Waals surface area contributed by atoms with Crippen molar-refractivity contribution >= 4 is 0 Å². The average Bonchev–Trinajstić information content (AvgIpc) is 2.35. The smallest absolute Gasteiger partial charge is 0.0465 e. The van der Waals surface area contributed by atoms with Gasteiger partial charge in [0, 0.05) is 6.04 Å². The monoisotopic (exact) mass is 260 g/mol. The number of hydrazine groups is 1. The Hall–Kier alpha value is -1.12. The van der Waals surface area contributed by atoms with Crippen LogP contribution in [0.2, 0.25) is 0 Å². The van der Waals surface area contributed by atoms with Crippen LogP contribution < -0.4 is 11.3 Å². The highest BCUT2D eigenvalue weighted by molar-refractivity contribution is 5.39. The van der Waals surface area contributed by atoms with Crippen molar-refractivity contribution in [1.29, 1.82) is 0 Å². The van der Waals surface area contributed by atoms with Gasteiger partial charge in [0.15, 0.2) is 0 Å². The third-order valence-electron chi connectivity index (χ3n) is 3.69. The summed E-state index contributed by atoms with van der Waals surface area (Å²) in [5.41, 5.74) is 8.36. The number of nitrogens with one attached hydrogen (secondary N) is 1. The van der Waals surface area contributed by atoms with Gasteiger partial charge >= 0.3 is 0 Å². The molecule has 106 valence electrons. The van der Waals surface area contributed by atoms with Crippen molar-refractivity contribution < 1.29 is 0 Å². The molecular weight excluding hydrogens is 232 g/mol. The van der Waals surface area contributed by atoms with E-state index in [1.54, 1.807) is 0 Å². The first-order chi connectivity index (χ1) is 9.10. The van der Waals surface area contributed by atoms with Gasteiger partial charge in [0.2, 0.25) is 0 Å². The molecule has 1 aromatic carbocycles. The Morgan fingerprint density at radius 1 is 1.16 bits per heavy atom. The zero-order valence-corrected chi connectivity index (χ0v) is 12.6. The summed E-state index contributed by atoms with van der Waals surface area (Å²) < 4.78 is 0. The summed E-state index contributed by atoms with van der Waals surface area (Å²) in [5.74, 6) is 5.76. The van der Waals surface area contributed by atoms with E-state index >= 15 is 0 Å².